The van der Waals surface area contributed by atoms with Crippen LogP contribution in [0.1, 0.15) is 41.0 Å². The van der Waals surface area contributed by atoms with E-state index in [4.69, 9.17) is 16.1 Å². The van der Waals surface area contributed by atoms with Crippen LogP contribution in [-0.2, 0) is 14.8 Å². The summed E-state index contributed by atoms with van der Waals surface area (Å²) in [7, 11) is -3.99. The van der Waals surface area contributed by atoms with Gasteiger partial charge in [0.1, 0.15) is 11.5 Å². The zero-order chi connectivity index (χ0) is 26.0. The Labute approximate surface area is 215 Å². The lowest BCUT2D eigenvalue weighted by atomic mass is 9.98. The summed E-state index contributed by atoms with van der Waals surface area (Å²) in [5, 5.41) is 6.66. The third-order valence-corrected chi connectivity index (χ3v) is 8.56. The molecule has 0 spiro atoms. The summed E-state index contributed by atoms with van der Waals surface area (Å²) in [5.41, 5.74) is 3.60. The number of hydrogen-bond acceptors (Lipinski definition) is 5. The maximum absolute atomic E-state index is 13.6. The van der Waals surface area contributed by atoms with Crippen molar-refractivity contribution in [3.05, 3.63) is 75.4 Å². The molecule has 2 aromatic carbocycles. The quantitative estimate of drug-likeness (QED) is 0.447. The number of sulfonamides is 1. The van der Waals surface area contributed by atoms with E-state index in [0.29, 0.717) is 12.8 Å². The van der Waals surface area contributed by atoms with E-state index in [1.54, 1.807) is 19.1 Å². The van der Waals surface area contributed by atoms with Gasteiger partial charge in [-0.05, 0) is 69.0 Å². The number of nitrogens with one attached hydrogen (secondary N) is 1. The molecule has 1 saturated heterocycles. The molecule has 0 radical (unpaired) electrons. The van der Waals surface area contributed by atoms with Crippen molar-refractivity contribution in [3.63, 3.8) is 0 Å². The van der Waals surface area contributed by atoms with Crippen molar-refractivity contribution < 1.29 is 22.1 Å². The summed E-state index contributed by atoms with van der Waals surface area (Å²) in [4.78, 5) is 12.9. The van der Waals surface area contributed by atoms with E-state index in [2.05, 4.69) is 10.5 Å². The third kappa shape index (κ3) is 5.53. The van der Waals surface area contributed by atoms with E-state index in [0.717, 1.165) is 22.8 Å². The lowest BCUT2D eigenvalue weighted by Crippen LogP contribution is -2.43. The van der Waals surface area contributed by atoms with Crippen LogP contribution in [0.3, 0.4) is 0 Å². The second kappa shape index (κ2) is 10.5. The molecule has 190 valence electrons. The highest BCUT2D eigenvalue weighted by molar-refractivity contribution is 7.89. The normalized spacial score (nSPS) is 17.0. The van der Waals surface area contributed by atoms with Crippen LogP contribution in [0.2, 0.25) is 5.02 Å². The molecule has 2 heterocycles. The predicted molar refractivity (Wildman–Crippen MR) is 138 cm³/mol. The van der Waals surface area contributed by atoms with Gasteiger partial charge in [0, 0.05) is 13.1 Å². The zero-order valence-corrected chi connectivity index (χ0v) is 21.8. The summed E-state index contributed by atoms with van der Waals surface area (Å²) in [5.74, 6) is -1.35. The number of aryl methyl sites for hydroxylation is 3. The first-order valence-corrected chi connectivity index (χ1v) is 13.4. The van der Waals surface area contributed by atoms with Gasteiger partial charge < -0.3 is 9.84 Å². The van der Waals surface area contributed by atoms with E-state index < -0.39 is 21.8 Å². The highest BCUT2D eigenvalue weighted by Crippen LogP contribution is 2.30. The molecule has 3 aromatic rings. The summed E-state index contributed by atoms with van der Waals surface area (Å²) in [6.07, 6.45) is 4.44. The van der Waals surface area contributed by atoms with Crippen LogP contribution in [0.15, 0.2) is 45.8 Å². The largest absolute Gasteiger partial charge is 0.355 e. The van der Waals surface area contributed by atoms with Crippen LogP contribution in [0, 0.1) is 32.5 Å². The van der Waals surface area contributed by atoms with Gasteiger partial charge in [0.25, 0.3) is 0 Å². The fourth-order valence-corrected chi connectivity index (χ4v) is 6.22. The fraction of sp³-hybridized carbons (Fsp3) is 0.308. The van der Waals surface area contributed by atoms with Gasteiger partial charge >= 0.3 is 0 Å². The molecule has 1 aliphatic heterocycles. The van der Waals surface area contributed by atoms with Crippen molar-refractivity contribution in [2.24, 2.45) is 5.92 Å². The predicted octanol–water partition coefficient (Wildman–Crippen LogP) is 5.60. The number of carbonyl (C=O) groups is 1. The molecule has 7 nitrogen and oxygen atoms in total. The topological polar surface area (TPSA) is 92.5 Å². The van der Waals surface area contributed by atoms with Gasteiger partial charge in [-0.2, -0.15) is 4.31 Å². The Bertz CT molecular complexity index is 1430. The zero-order valence-electron chi connectivity index (χ0n) is 20.2. The first-order valence-electron chi connectivity index (χ1n) is 11.5. The van der Waals surface area contributed by atoms with Gasteiger partial charge in [0.15, 0.2) is 10.7 Å². The Balaban J connectivity index is 1.55. The van der Waals surface area contributed by atoms with Gasteiger partial charge in [-0.1, -0.05) is 46.6 Å². The molecule has 1 aliphatic rings. The highest BCUT2D eigenvalue weighted by atomic mass is 35.5. The molecular weight excluding hydrogens is 505 g/mol. The van der Waals surface area contributed by atoms with Crippen molar-refractivity contribution in [1.82, 2.24) is 9.46 Å². The second-order valence-corrected chi connectivity index (χ2v) is 11.3. The van der Waals surface area contributed by atoms with Crippen LogP contribution in [0.5, 0.6) is 0 Å². The van der Waals surface area contributed by atoms with Crippen molar-refractivity contribution >= 4 is 45.4 Å². The average molecular weight is 532 g/mol. The van der Waals surface area contributed by atoms with E-state index in [-0.39, 0.29) is 46.1 Å². The van der Waals surface area contributed by atoms with E-state index in [1.165, 1.54) is 16.4 Å². The molecule has 10 heteroatoms. The molecule has 1 atom stereocenters. The molecule has 4 rings (SSSR count). The molecule has 1 amide bonds. The van der Waals surface area contributed by atoms with Crippen molar-refractivity contribution in [2.45, 2.75) is 38.5 Å². The lowest BCUT2D eigenvalue weighted by Gasteiger charge is -2.31. The smallest absolute Gasteiger partial charge is 0.248 e. The number of nitrogens with zero attached hydrogens (tertiary/aromatic N) is 2. The number of benzene rings is 2. The monoisotopic (exact) mass is 531 g/mol. The lowest BCUT2D eigenvalue weighted by molar-refractivity contribution is -0.120. The Morgan fingerprint density at radius 2 is 1.97 bits per heavy atom. The first-order chi connectivity index (χ1) is 17.1. The van der Waals surface area contributed by atoms with Gasteiger partial charge in [0.05, 0.1) is 16.6 Å². The molecule has 0 bridgehead atoms. The van der Waals surface area contributed by atoms with Crippen LogP contribution in [0.25, 0.3) is 12.2 Å². The Kier molecular flexibility index (Phi) is 7.63. The minimum absolute atomic E-state index is 0.00224. The Morgan fingerprint density at radius 1 is 1.19 bits per heavy atom. The van der Waals surface area contributed by atoms with Crippen LogP contribution in [-0.4, -0.2) is 36.9 Å². The molecule has 1 aromatic heterocycles. The van der Waals surface area contributed by atoms with Crippen molar-refractivity contribution in [2.75, 3.05) is 18.4 Å². The van der Waals surface area contributed by atoms with Gasteiger partial charge in [-0.25, -0.2) is 12.8 Å². The first kappa shape index (κ1) is 26.1. The minimum atomic E-state index is -3.99. The molecule has 36 heavy (non-hydrogen) atoms. The number of piperidine rings is 1. The standard InChI is InChI=1S/C26H27ClFN3O4S/c1-16-6-7-17(2)19(13-16)8-11-24-25(18(3)30-35-24)36(33,34)31-12-4-5-20(15-31)26(32)29-23-10-9-21(28)14-22(23)27/h6-11,13-14,20H,4-5,12,15H2,1-3H3,(H,29,32). The van der Waals surface area contributed by atoms with Gasteiger partial charge in [0.2, 0.25) is 15.9 Å². The van der Waals surface area contributed by atoms with Crippen LogP contribution < -0.4 is 5.32 Å². The van der Waals surface area contributed by atoms with Crippen molar-refractivity contribution in [3.8, 4) is 0 Å². The number of amides is 1. The maximum atomic E-state index is 13.6. The SMILES string of the molecule is Cc1ccc(C)c(C=Cc2onc(C)c2S(=O)(=O)N2CCCC(C(=O)Nc3ccc(F)cc3Cl)C2)c1. The molecule has 0 saturated carbocycles. The minimum Gasteiger partial charge on any atom is -0.355 e. The van der Waals surface area contributed by atoms with Crippen LogP contribution >= 0.6 is 11.6 Å². The molecule has 1 N–H and O–H groups in total. The number of hydrogen-bond donors (Lipinski definition) is 1. The van der Waals surface area contributed by atoms with E-state index in [9.17, 15) is 17.6 Å². The summed E-state index contributed by atoms with van der Waals surface area (Å²) < 4.78 is 47.3. The Morgan fingerprint density at radius 3 is 2.72 bits per heavy atom. The molecule has 1 fully saturated rings. The van der Waals surface area contributed by atoms with E-state index >= 15 is 0 Å². The average Bonchev–Trinajstić information content (AvgIpc) is 3.22. The van der Waals surface area contributed by atoms with E-state index in [1.807, 2.05) is 32.0 Å². The number of aromatic nitrogens is 1. The molecular formula is C26H27ClFN3O4S. The number of rotatable bonds is 6. The third-order valence-electron chi connectivity index (χ3n) is 6.22. The summed E-state index contributed by atoms with van der Waals surface area (Å²) in [6.45, 7) is 5.81. The van der Waals surface area contributed by atoms with Crippen molar-refractivity contribution in [1.29, 1.82) is 0 Å². The molecule has 1 unspecified atom stereocenters. The fourth-order valence-electron chi connectivity index (χ4n) is 4.23. The summed E-state index contributed by atoms with van der Waals surface area (Å²) >= 11 is 6.02. The highest BCUT2D eigenvalue weighted by Gasteiger charge is 2.37. The van der Waals surface area contributed by atoms with Crippen LogP contribution in [0.4, 0.5) is 10.1 Å². The number of carbonyl (C=O) groups excluding carboxylic acids is 1. The maximum Gasteiger partial charge on any atom is 0.248 e. The number of anilines is 1. The Hall–Kier alpha value is -3.01. The summed E-state index contributed by atoms with van der Waals surface area (Å²) in [6, 6.07) is 9.69. The van der Waals surface area contributed by atoms with Gasteiger partial charge in [-0.15, -0.1) is 0 Å². The molecule has 0 aliphatic carbocycles. The second-order valence-electron chi connectivity index (χ2n) is 8.97. The van der Waals surface area contributed by atoms with Gasteiger partial charge in [-0.3, -0.25) is 4.79 Å². The number of halogens is 2.